The van der Waals surface area contributed by atoms with E-state index in [0.29, 0.717) is 0 Å². The fourth-order valence-corrected chi connectivity index (χ4v) is 0.324. The lowest BCUT2D eigenvalue weighted by Gasteiger charge is -1.88. The summed E-state index contributed by atoms with van der Waals surface area (Å²) in [6, 6.07) is 0. The molecule has 0 amide bonds. The predicted molar refractivity (Wildman–Crippen MR) is 31.4 cm³/mol. The molecule has 8 heavy (non-hydrogen) atoms. The van der Waals surface area contributed by atoms with Crippen molar-refractivity contribution in [1.82, 2.24) is 9.97 Å². The van der Waals surface area contributed by atoms with Gasteiger partial charge in [-0.2, -0.15) is 0 Å². The molecule has 0 aliphatic heterocycles. The van der Waals surface area contributed by atoms with Gasteiger partial charge >= 0.3 is 0 Å². The van der Waals surface area contributed by atoms with Crippen molar-refractivity contribution in [2.24, 2.45) is 0 Å². The van der Waals surface area contributed by atoms with Crippen LogP contribution in [0.15, 0.2) is 18.5 Å². The number of hydrogen-bond donors (Lipinski definition) is 0. The lowest BCUT2D eigenvalue weighted by atomic mass is 10.4. The lowest BCUT2D eigenvalue weighted by molar-refractivity contribution is 1.000. The summed E-state index contributed by atoms with van der Waals surface area (Å²) in [5.74, 6) is 0. The zero-order valence-electron chi connectivity index (χ0n) is 9.39. The lowest BCUT2D eigenvalue weighted by Crippen LogP contribution is -1.84. The first-order valence-corrected chi connectivity index (χ1v) is 2.14. The quantitative estimate of drug-likeness (QED) is 0.543. The van der Waals surface area contributed by atoms with E-state index in [-0.39, 0.29) is 11.9 Å². The molecular formula is C6H8N2. The molecule has 42 valence electrons. The van der Waals surface area contributed by atoms with Crippen molar-refractivity contribution >= 4 is 0 Å². The number of hydrogen-bond acceptors (Lipinski definition) is 2. The zero-order chi connectivity index (χ0) is 10.2. The van der Waals surface area contributed by atoms with Crippen molar-refractivity contribution in [2.45, 2.75) is 13.3 Å². The molecule has 0 spiro atoms. The maximum absolute atomic E-state index is 7.28. The van der Waals surface area contributed by atoms with Crippen molar-refractivity contribution in [3.8, 4) is 0 Å². The maximum atomic E-state index is 7.28. The van der Waals surface area contributed by atoms with Gasteiger partial charge in [0.2, 0.25) is 0 Å². The predicted octanol–water partition coefficient (Wildman–Crippen LogP) is 1.04. The summed E-state index contributed by atoms with van der Waals surface area (Å²) < 4.78 is 36.0. The van der Waals surface area contributed by atoms with Gasteiger partial charge in [-0.25, -0.2) is 0 Å². The molecule has 0 N–H and O–H groups in total. The van der Waals surface area contributed by atoms with Gasteiger partial charge in [-0.05, 0) is 6.37 Å². The highest BCUT2D eigenvalue weighted by molar-refractivity contribution is 4.92. The van der Waals surface area contributed by atoms with E-state index in [0.717, 1.165) is 0 Å². The number of nitrogens with zero attached hydrogens (tertiary/aromatic N) is 2. The number of aromatic nitrogens is 2. The Bertz CT molecular complexity index is 333. The van der Waals surface area contributed by atoms with Crippen LogP contribution in [0.25, 0.3) is 0 Å². The Kier molecular flexibility index (Phi) is 0.539. The summed E-state index contributed by atoms with van der Waals surface area (Å²) in [5, 5.41) is 0. The monoisotopic (exact) mass is 113 g/mol. The Morgan fingerprint density at radius 3 is 3.50 bits per heavy atom. The van der Waals surface area contributed by atoms with Crippen LogP contribution < -0.4 is 0 Å². The molecule has 0 radical (unpaired) electrons. The van der Waals surface area contributed by atoms with Crippen LogP contribution in [0.2, 0.25) is 0 Å². The molecule has 1 rings (SSSR count). The molecule has 0 atom stereocenters. The SMILES string of the molecule is [2H]c1nc([2H])c(C([2H])([2H])C)nc1[2H]. The van der Waals surface area contributed by atoms with Crippen LogP contribution in [-0.4, -0.2) is 9.97 Å². The van der Waals surface area contributed by atoms with Crippen LogP contribution in [0.3, 0.4) is 0 Å². The second-order valence-electron chi connectivity index (χ2n) is 1.16. The van der Waals surface area contributed by atoms with Crippen LogP contribution in [0.5, 0.6) is 0 Å². The third-order valence-corrected chi connectivity index (χ3v) is 0.672. The molecule has 1 aromatic heterocycles. The average molecular weight is 113 g/mol. The Labute approximate surface area is 55.6 Å². The summed E-state index contributed by atoms with van der Waals surface area (Å²) in [6.07, 6.45) is -2.99. The molecule has 0 unspecified atom stereocenters. The number of aryl methyl sites for hydroxylation is 1. The van der Waals surface area contributed by atoms with Crippen molar-refractivity contribution in [2.75, 3.05) is 0 Å². The highest BCUT2D eigenvalue weighted by Crippen LogP contribution is 1.87. The topological polar surface area (TPSA) is 25.8 Å². The average Bonchev–Trinajstić information content (AvgIpc) is 1.94. The summed E-state index contributed by atoms with van der Waals surface area (Å²) >= 11 is 0. The van der Waals surface area contributed by atoms with Crippen molar-refractivity contribution in [1.29, 1.82) is 0 Å². The molecule has 2 nitrogen and oxygen atoms in total. The standard InChI is InChI=1S/C6H8N2/c1-2-6-5-7-3-4-8-6/h3-5H,2H2,1H3/i2D2,3D,4D,5D. The van der Waals surface area contributed by atoms with Crippen molar-refractivity contribution < 1.29 is 6.85 Å². The molecular weight excluding hydrogens is 100 g/mol. The minimum Gasteiger partial charge on any atom is -0.261 e. The molecule has 0 saturated carbocycles. The second kappa shape index (κ2) is 2.40. The fourth-order valence-electron chi connectivity index (χ4n) is 0.324. The second-order valence-corrected chi connectivity index (χ2v) is 1.16. The van der Waals surface area contributed by atoms with Gasteiger partial charge in [0.25, 0.3) is 0 Å². The van der Waals surface area contributed by atoms with Crippen molar-refractivity contribution in [3.05, 3.63) is 24.2 Å². The molecule has 0 fully saturated rings. The highest BCUT2D eigenvalue weighted by Gasteiger charge is 1.82. The van der Waals surface area contributed by atoms with E-state index < -0.39 is 18.7 Å². The van der Waals surface area contributed by atoms with Crippen LogP contribution in [0.1, 0.15) is 19.5 Å². The Morgan fingerprint density at radius 2 is 2.75 bits per heavy atom. The summed E-state index contributed by atoms with van der Waals surface area (Å²) in [6.45, 7) is 1.23. The van der Waals surface area contributed by atoms with E-state index in [1.54, 1.807) is 0 Å². The first-order chi connectivity index (χ1) is 5.82. The molecule has 0 bridgehead atoms. The highest BCUT2D eigenvalue weighted by atomic mass is 14.8. The summed E-state index contributed by atoms with van der Waals surface area (Å²) in [5.41, 5.74) is -0.200. The van der Waals surface area contributed by atoms with E-state index in [2.05, 4.69) is 9.97 Å². The Hall–Kier alpha value is -0.920. The molecule has 1 heterocycles. The third-order valence-electron chi connectivity index (χ3n) is 0.672. The molecule has 0 aliphatic carbocycles. The van der Waals surface area contributed by atoms with Gasteiger partial charge in [-0.3, -0.25) is 9.97 Å². The van der Waals surface area contributed by atoms with Crippen LogP contribution in [-0.2, 0) is 6.37 Å². The molecule has 0 saturated heterocycles. The molecule has 0 aliphatic rings. The van der Waals surface area contributed by atoms with Gasteiger partial charge < -0.3 is 0 Å². The van der Waals surface area contributed by atoms with E-state index in [4.69, 9.17) is 6.85 Å². The first kappa shape index (κ1) is 1.79. The van der Waals surface area contributed by atoms with Gasteiger partial charge in [-0.15, -0.1) is 0 Å². The molecule has 1 aromatic rings. The zero-order valence-corrected chi connectivity index (χ0v) is 4.39. The number of rotatable bonds is 1. The summed E-state index contributed by atoms with van der Waals surface area (Å²) in [7, 11) is 0. The van der Waals surface area contributed by atoms with Gasteiger partial charge in [0.1, 0.15) is 0 Å². The Morgan fingerprint density at radius 1 is 1.88 bits per heavy atom. The first-order valence-electron chi connectivity index (χ1n) is 4.64. The van der Waals surface area contributed by atoms with E-state index in [1.165, 1.54) is 6.92 Å². The molecule has 2 heteroatoms. The largest absolute Gasteiger partial charge is 0.261 e. The van der Waals surface area contributed by atoms with E-state index >= 15 is 0 Å². The maximum Gasteiger partial charge on any atom is 0.0860 e. The minimum absolute atomic E-state index is 0.200. The summed E-state index contributed by atoms with van der Waals surface area (Å²) in [4.78, 5) is 6.88. The van der Waals surface area contributed by atoms with Crippen molar-refractivity contribution in [3.63, 3.8) is 0 Å². The van der Waals surface area contributed by atoms with Gasteiger partial charge in [0, 0.05) is 21.3 Å². The van der Waals surface area contributed by atoms with Crippen LogP contribution in [0.4, 0.5) is 0 Å². The van der Waals surface area contributed by atoms with Gasteiger partial charge in [0.05, 0.1) is 9.81 Å². The van der Waals surface area contributed by atoms with Crippen LogP contribution in [0, 0.1) is 0 Å². The van der Waals surface area contributed by atoms with Gasteiger partial charge in [-0.1, -0.05) is 6.92 Å². The fraction of sp³-hybridized carbons (Fsp3) is 0.333. The smallest absolute Gasteiger partial charge is 0.0860 e. The normalized spacial score (nSPS) is 19.9. The van der Waals surface area contributed by atoms with Gasteiger partial charge in [0.15, 0.2) is 0 Å². The molecule has 0 aromatic carbocycles. The minimum atomic E-state index is -1.80. The van der Waals surface area contributed by atoms with E-state index in [1.807, 2.05) is 0 Å². The third kappa shape index (κ3) is 1.03. The Balaban J connectivity index is 3.32. The van der Waals surface area contributed by atoms with E-state index in [9.17, 15) is 0 Å². The van der Waals surface area contributed by atoms with Crippen LogP contribution >= 0.6 is 0 Å².